The van der Waals surface area contributed by atoms with Crippen LogP contribution in [0.4, 0.5) is 5.69 Å². The Kier molecular flexibility index (Phi) is 11.7. The Morgan fingerprint density at radius 1 is 0.875 bits per heavy atom. The van der Waals surface area contributed by atoms with Crippen molar-refractivity contribution < 1.29 is 18.0 Å². The Morgan fingerprint density at radius 3 is 2.05 bits per heavy atom. The fraction of sp³-hybridized carbons (Fsp3) is 0.333. The van der Waals surface area contributed by atoms with E-state index in [2.05, 4.69) is 21.2 Å². The van der Waals surface area contributed by atoms with Crippen LogP contribution in [-0.2, 0) is 32.8 Å². The number of para-hydroxylation sites is 1. The molecule has 8 nitrogen and oxygen atoms in total. The number of carbonyl (C=O) groups is 2. The highest BCUT2D eigenvalue weighted by molar-refractivity contribution is 9.10. The zero-order valence-corrected chi connectivity index (χ0v) is 25.6. The Balaban J connectivity index is 2.05. The van der Waals surface area contributed by atoms with Crippen LogP contribution in [0.15, 0.2) is 89.4 Å². The standard InChI is InChI=1S/C30H37BrN4O4S/c1-4-5-20-32-30(37)28(21-24-12-8-6-9-13-24)34(22-25-16-18-26(31)19-17-25)29(36)23-35(40(38,39)33(2)3)27-14-10-7-11-15-27/h6-19,28H,4-5,20-23H2,1-3H3,(H,32,37). The molecule has 1 atom stereocenters. The normalized spacial score (nSPS) is 12.1. The molecule has 1 unspecified atom stereocenters. The van der Waals surface area contributed by atoms with Gasteiger partial charge < -0.3 is 10.2 Å². The van der Waals surface area contributed by atoms with Gasteiger partial charge in [-0.2, -0.15) is 12.7 Å². The Morgan fingerprint density at radius 2 is 1.48 bits per heavy atom. The van der Waals surface area contributed by atoms with E-state index >= 15 is 0 Å². The minimum absolute atomic E-state index is 0.134. The number of rotatable bonds is 14. The Labute approximate surface area is 246 Å². The number of unbranched alkanes of at least 4 members (excludes halogenated alkanes) is 1. The molecule has 214 valence electrons. The fourth-order valence-electron chi connectivity index (χ4n) is 4.16. The van der Waals surface area contributed by atoms with Gasteiger partial charge in [-0.05, 0) is 41.8 Å². The molecule has 2 amide bonds. The number of hydrogen-bond donors (Lipinski definition) is 1. The molecule has 0 aliphatic heterocycles. The molecule has 0 aliphatic rings. The van der Waals surface area contributed by atoms with Gasteiger partial charge in [0.05, 0.1) is 5.69 Å². The number of nitrogens with one attached hydrogen (secondary N) is 1. The second-order valence-electron chi connectivity index (χ2n) is 9.63. The molecule has 40 heavy (non-hydrogen) atoms. The highest BCUT2D eigenvalue weighted by Gasteiger charge is 2.34. The van der Waals surface area contributed by atoms with Crippen molar-refractivity contribution in [3.8, 4) is 0 Å². The number of hydrogen-bond acceptors (Lipinski definition) is 4. The molecule has 3 rings (SSSR count). The molecule has 0 spiro atoms. The molecular weight excluding hydrogens is 592 g/mol. The van der Waals surface area contributed by atoms with Crippen molar-refractivity contribution in [2.24, 2.45) is 0 Å². The highest BCUT2D eigenvalue weighted by atomic mass is 79.9. The third-order valence-electron chi connectivity index (χ3n) is 6.43. The van der Waals surface area contributed by atoms with Gasteiger partial charge in [0.1, 0.15) is 12.6 Å². The second kappa shape index (κ2) is 15.0. The number of halogens is 1. The zero-order chi connectivity index (χ0) is 29.1. The molecule has 3 aromatic rings. The van der Waals surface area contributed by atoms with Crippen LogP contribution in [-0.4, -0.2) is 62.7 Å². The van der Waals surface area contributed by atoms with Crippen molar-refractivity contribution >= 4 is 43.6 Å². The first-order valence-corrected chi connectivity index (χ1v) is 15.4. The van der Waals surface area contributed by atoms with Crippen LogP contribution in [0.3, 0.4) is 0 Å². The molecule has 3 aromatic carbocycles. The summed E-state index contributed by atoms with van der Waals surface area (Å²) in [7, 11) is -1.16. The van der Waals surface area contributed by atoms with Gasteiger partial charge in [-0.25, -0.2) is 4.31 Å². The zero-order valence-electron chi connectivity index (χ0n) is 23.2. The van der Waals surface area contributed by atoms with E-state index in [4.69, 9.17) is 0 Å². The van der Waals surface area contributed by atoms with Crippen LogP contribution in [0.1, 0.15) is 30.9 Å². The van der Waals surface area contributed by atoms with Crippen molar-refractivity contribution in [2.75, 3.05) is 31.5 Å². The van der Waals surface area contributed by atoms with Gasteiger partial charge in [0, 0.05) is 38.1 Å². The maximum absolute atomic E-state index is 14.1. The topological polar surface area (TPSA) is 90.0 Å². The van der Waals surface area contributed by atoms with Crippen LogP contribution in [0, 0.1) is 0 Å². The highest BCUT2D eigenvalue weighted by Crippen LogP contribution is 2.22. The largest absolute Gasteiger partial charge is 0.354 e. The molecule has 0 heterocycles. The van der Waals surface area contributed by atoms with Gasteiger partial charge in [-0.3, -0.25) is 9.59 Å². The third kappa shape index (κ3) is 8.64. The van der Waals surface area contributed by atoms with Crippen LogP contribution < -0.4 is 9.62 Å². The number of nitrogens with zero attached hydrogens (tertiary/aromatic N) is 3. The van der Waals surface area contributed by atoms with Crippen molar-refractivity contribution in [1.29, 1.82) is 0 Å². The molecular formula is C30H37BrN4O4S. The summed E-state index contributed by atoms with van der Waals surface area (Å²) in [5.41, 5.74) is 2.07. The fourth-order valence-corrected chi connectivity index (χ4v) is 5.48. The number of carbonyl (C=O) groups excluding carboxylic acids is 2. The maximum Gasteiger partial charge on any atom is 0.304 e. The van der Waals surface area contributed by atoms with E-state index in [1.54, 1.807) is 30.3 Å². The van der Waals surface area contributed by atoms with Gasteiger partial charge in [-0.15, -0.1) is 0 Å². The maximum atomic E-state index is 14.1. The van der Waals surface area contributed by atoms with Crippen LogP contribution in [0.5, 0.6) is 0 Å². The molecule has 0 saturated carbocycles. The monoisotopic (exact) mass is 628 g/mol. The molecule has 0 radical (unpaired) electrons. The van der Waals surface area contributed by atoms with Crippen molar-refractivity contribution in [1.82, 2.24) is 14.5 Å². The summed E-state index contributed by atoms with van der Waals surface area (Å²) < 4.78 is 29.7. The molecule has 0 bridgehead atoms. The van der Waals surface area contributed by atoms with E-state index in [1.165, 1.54) is 19.0 Å². The SMILES string of the molecule is CCCCNC(=O)C(Cc1ccccc1)N(Cc1ccc(Br)cc1)C(=O)CN(c1ccccc1)S(=O)(=O)N(C)C. The van der Waals surface area contributed by atoms with Crippen LogP contribution in [0.2, 0.25) is 0 Å². The summed E-state index contributed by atoms with van der Waals surface area (Å²) in [6.07, 6.45) is 2.01. The first kappa shape index (κ1) is 31.3. The van der Waals surface area contributed by atoms with Crippen molar-refractivity contribution in [3.63, 3.8) is 0 Å². The first-order valence-electron chi connectivity index (χ1n) is 13.2. The third-order valence-corrected chi connectivity index (χ3v) is 8.78. The second-order valence-corrected chi connectivity index (χ2v) is 12.6. The summed E-state index contributed by atoms with van der Waals surface area (Å²) in [4.78, 5) is 29.3. The Bertz CT molecular complexity index is 1340. The lowest BCUT2D eigenvalue weighted by Gasteiger charge is -2.34. The number of amides is 2. The first-order chi connectivity index (χ1) is 19.1. The minimum atomic E-state index is -4.01. The van der Waals surface area contributed by atoms with E-state index in [0.29, 0.717) is 12.2 Å². The minimum Gasteiger partial charge on any atom is -0.354 e. The van der Waals surface area contributed by atoms with E-state index in [-0.39, 0.29) is 18.9 Å². The molecule has 1 N–H and O–H groups in total. The summed E-state index contributed by atoms with van der Waals surface area (Å²) in [5.74, 6) is -0.756. The quantitative estimate of drug-likeness (QED) is 0.264. The summed E-state index contributed by atoms with van der Waals surface area (Å²) in [5, 5.41) is 2.99. The van der Waals surface area contributed by atoms with Gasteiger partial charge >= 0.3 is 10.2 Å². The summed E-state index contributed by atoms with van der Waals surface area (Å²) >= 11 is 3.44. The lowest BCUT2D eigenvalue weighted by Crippen LogP contribution is -2.54. The summed E-state index contributed by atoms with van der Waals surface area (Å²) in [6.45, 7) is 2.20. The molecule has 0 saturated heterocycles. The van der Waals surface area contributed by atoms with Crippen LogP contribution in [0.25, 0.3) is 0 Å². The molecule has 0 fully saturated rings. The molecule has 10 heteroatoms. The average molecular weight is 630 g/mol. The van der Waals surface area contributed by atoms with Crippen molar-refractivity contribution in [2.45, 2.75) is 38.8 Å². The molecule has 0 aromatic heterocycles. The lowest BCUT2D eigenvalue weighted by molar-refractivity contribution is -0.140. The van der Waals surface area contributed by atoms with Gasteiger partial charge in [0.25, 0.3) is 0 Å². The van der Waals surface area contributed by atoms with Crippen molar-refractivity contribution in [3.05, 3.63) is 101 Å². The van der Waals surface area contributed by atoms with Gasteiger partial charge in [-0.1, -0.05) is 89.9 Å². The van der Waals surface area contributed by atoms with E-state index in [0.717, 1.165) is 37.1 Å². The van der Waals surface area contributed by atoms with E-state index < -0.39 is 28.7 Å². The predicted molar refractivity (Wildman–Crippen MR) is 163 cm³/mol. The average Bonchev–Trinajstić information content (AvgIpc) is 2.95. The van der Waals surface area contributed by atoms with Gasteiger partial charge in [0.2, 0.25) is 11.8 Å². The van der Waals surface area contributed by atoms with E-state index in [1.807, 2.05) is 61.5 Å². The lowest BCUT2D eigenvalue weighted by atomic mass is 10.0. The molecule has 0 aliphatic carbocycles. The summed E-state index contributed by atoms with van der Waals surface area (Å²) in [6, 6.07) is 24.7. The van der Waals surface area contributed by atoms with Gasteiger partial charge in [0.15, 0.2) is 0 Å². The van der Waals surface area contributed by atoms with Crippen LogP contribution >= 0.6 is 15.9 Å². The number of anilines is 1. The smallest absolute Gasteiger partial charge is 0.304 e. The number of benzene rings is 3. The predicted octanol–water partition coefficient (Wildman–Crippen LogP) is 4.62. The Hall–Kier alpha value is -3.21. The van der Waals surface area contributed by atoms with E-state index in [9.17, 15) is 18.0 Å².